The van der Waals surface area contributed by atoms with Crippen molar-refractivity contribution in [2.75, 3.05) is 39.0 Å². The summed E-state index contributed by atoms with van der Waals surface area (Å²) in [5.74, 6) is -0.127. The minimum Gasteiger partial charge on any atom is -0.338 e. The van der Waals surface area contributed by atoms with E-state index in [-0.39, 0.29) is 11.7 Å². The van der Waals surface area contributed by atoms with Gasteiger partial charge in [0.15, 0.2) is 0 Å². The quantitative estimate of drug-likeness (QED) is 0.800. The molecular weight excluding hydrogens is 326 g/mol. The maximum Gasteiger partial charge on any atom is 0.245 e. The average molecular weight is 353 g/mol. The van der Waals surface area contributed by atoms with Gasteiger partial charge in [0.05, 0.1) is 5.75 Å². The fourth-order valence-electron chi connectivity index (χ4n) is 2.69. The standard InChI is InChI=1S/C17H27N3O3S/c1-3-4-14-24(22,23)18-16(15-8-6-5-7-9-15)17(21)20-12-10-19(2)11-13-20/h5-9,16,18H,3-4,10-14H2,1-2H3/t16-/m0/s1. The zero-order valence-corrected chi connectivity index (χ0v) is 15.3. The van der Waals surface area contributed by atoms with E-state index in [0.717, 1.165) is 19.5 Å². The van der Waals surface area contributed by atoms with Gasteiger partial charge in [-0.15, -0.1) is 0 Å². The van der Waals surface area contributed by atoms with Gasteiger partial charge in [-0.3, -0.25) is 4.79 Å². The number of benzene rings is 1. The van der Waals surface area contributed by atoms with Gasteiger partial charge in [0.2, 0.25) is 15.9 Å². The summed E-state index contributed by atoms with van der Waals surface area (Å²) in [6.45, 7) is 4.79. The van der Waals surface area contributed by atoms with Crippen LogP contribution in [0, 0.1) is 0 Å². The van der Waals surface area contributed by atoms with Crippen LogP contribution in [0.5, 0.6) is 0 Å². The van der Waals surface area contributed by atoms with E-state index in [4.69, 9.17) is 0 Å². The molecule has 0 bridgehead atoms. The first-order valence-electron chi connectivity index (χ1n) is 8.45. The van der Waals surface area contributed by atoms with Crippen LogP contribution in [0.25, 0.3) is 0 Å². The van der Waals surface area contributed by atoms with E-state index in [9.17, 15) is 13.2 Å². The summed E-state index contributed by atoms with van der Waals surface area (Å²) in [4.78, 5) is 16.8. The average Bonchev–Trinajstić information content (AvgIpc) is 2.59. The second kappa shape index (κ2) is 8.60. The topological polar surface area (TPSA) is 69.7 Å². The number of unbranched alkanes of at least 4 members (excludes halogenated alkanes) is 1. The lowest BCUT2D eigenvalue weighted by Crippen LogP contribution is -2.51. The number of likely N-dealkylation sites (N-methyl/N-ethyl adjacent to an activating group) is 1. The van der Waals surface area contributed by atoms with E-state index in [1.165, 1.54) is 0 Å². The highest BCUT2D eigenvalue weighted by Crippen LogP contribution is 2.18. The normalized spacial score (nSPS) is 17.7. The largest absolute Gasteiger partial charge is 0.338 e. The van der Waals surface area contributed by atoms with Crippen molar-refractivity contribution >= 4 is 15.9 Å². The van der Waals surface area contributed by atoms with Crippen LogP contribution >= 0.6 is 0 Å². The molecule has 0 unspecified atom stereocenters. The molecule has 134 valence electrons. The van der Waals surface area contributed by atoms with Gasteiger partial charge in [0.25, 0.3) is 0 Å². The monoisotopic (exact) mass is 353 g/mol. The molecule has 1 aliphatic heterocycles. The third-order valence-corrected chi connectivity index (χ3v) is 5.68. The molecule has 1 aromatic rings. The van der Waals surface area contributed by atoms with Crippen LogP contribution in [0.2, 0.25) is 0 Å². The summed E-state index contributed by atoms with van der Waals surface area (Å²) < 4.78 is 27.3. The first kappa shape index (κ1) is 18.9. The summed E-state index contributed by atoms with van der Waals surface area (Å²) in [5, 5.41) is 0. The number of hydrogen-bond acceptors (Lipinski definition) is 4. The third kappa shape index (κ3) is 5.29. The minimum absolute atomic E-state index is 0.0445. The Morgan fingerprint density at radius 3 is 2.38 bits per heavy atom. The molecule has 0 aromatic heterocycles. The minimum atomic E-state index is -3.49. The molecule has 24 heavy (non-hydrogen) atoms. The van der Waals surface area contributed by atoms with E-state index in [0.29, 0.717) is 25.1 Å². The lowest BCUT2D eigenvalue weighted by molar-refractivity contribution is -0.134. The van der Waals surface area contributed by atoms with Crippen LogP contribution in [-0.2, 0) is 14.8 Å². The Morgan fingerprint density at radius 1 is 1.17 bits per heavy atom. The van der Waals surface area contributed by atoms with E-state index < -0.39 is 16.1 Å². The zero-order chi connectivity index (χ0) is 17.6. The number of carbonyl (C=O) groups excluding carboxylic acids is 1. The molecule has 1 atom stereocenters. The van der Waals surface area contributed by atoms with Crippen molar-refractivity contribution in [3.63, 3.8) is 0 Å². The van der Waals surface area contributed by atoms with Crippen molar-refractivity contribution in [3.8, 4) is 0 Å². The summed E-state index contributed by atoms with van der Waals surface area (Å²) >= 11 is 0. The Labute approximate surface area is 144 Å². The van der Waals surface area contributed by atoms with Gasteiger partial charge in [0.1, 0.15) is 6.04 Å². The molecule has 0 saturated carbocycles. The van der Waals surface area contributed by atoms with Crippen LogP contribution < -0.4 is 4.72 Å². The molecule has 1 aliphatic rings. The Balaban J connectivity index is 2.18. The first-order chi connectivity index (χ1) is 11.4. The summed E-state index contributed by atoms with van der Waals surface area (Å²) in [7, 11) is -1.48. The molecule has 1 aromatic carbocycles. The highest BCUT2D eigenvalue weighted by molar-refractivity contribution is 7.89. The highest BCUT2D eigenvalue weighted by atomic mass is 32.2. The number of nitrogens with one attached hydrogen (secondary N) is 1. The molecule has 1 heterocycles. The van der Waals surface area contributed by atoms with Gasteiger partial charge in [-0.2, -0.15) is 4.72 Å². The van der Waals surface area contributed by atoms with E-state index in [1.54, 1.807) is 17.0 Å². The van der Waals surface area contributed by atoms with Gasteiger partial charge in [-0.1, -0.05) is 43.7 Å². The van der Waals surface area contributed by atoms with Crippen molar-refractivity contribution in [2.45, 2.75) is 25.8 Å². The molecule has 7 heteroatoms. The maximum absolute atomic E-state index is 12.9. The van der Waals surface area contributed by atoms with E-state index in [1.807, 2.05) is 32.2 Å². The van der Waals surface area contributed by atoms with Gasteiger partial charge >= 0.3 is 0 Å². The molecule has 1 amide bonds. The van der Waals surface area contributed by atoms with Crippen LogP contribution in [0.1, 0.15) is 31.4 Å². The number of nitrogens with zero attached hydrogens (tertiary/aromatic N) is 2. The molecule has 1 fully saturated rings. The first-order valence-corrected chi connectivity index (χ1v) is 10.1. The smallest absolute Gasteiger partial charge is 0.245 e. The molecule has 6 nitrogen and oxygen atoms in total. The number of sulfonamides is 1. The zero-order valence-electron chi connectivity index (χ0n) is 14.4. The fraction of sp³-hybridized carbons (Fsp3) is 0.588. The van der Waals surface area contributed by atoms with Crippen molar-refractivity contribution < 1.29 is 13.2 Å². The molecule has 2 rings (SSSR count). The summed E-state index contributed by atoms with van der Waals surface area (Å²) in [6.07, 6.45) is 1.38. The Kier molecular flexibility index (Phi) is 6.77. The van der Waals surface area contributed by atoms with Crippen LogP contribution in [-0.4, -0.2) is 63.1 Å². The molecule has 1 saturated heterocycles. The predicted octanol–water partition coefficient (Wildman–Crippen LogP) is 1.22. The van der Waals surface area contributed by atoms with Crippen LogP contribution in [0.15, 0.2) is 30.3 Å². The van der Waals surface area contributed by atoms with Gasteiger partial charge < -0.3 is 9.80 Å². The number of hydrogen-bond donors (Lipinski definition) is 1. The second-order valence-corrected chi connectivity index (χ2v) is 8.14. The van der Waals surface area contributed by atoms with Crippen molar-refractivity contribution in [1.82, 2.24) is 14.5 Å². The predicted molar refractivity (Wildman–Crippen MR) is 95.1 cm³/mol. The van der Waals surface area contributed by atoms with E-state index in [2.05, 4.69) is 9.62 Å². The van der Waals surface area contributed by atoms with Gasteiger partial charge in [-0.25, -0.2) is 8.42 Å². The van der Waals surface area contributed by atoms with Gasteiger partial charge in [-0.05, 0) is 19.0 Å². The molecule has 0 radical (unpaired) electrons. The lowest BCUT2D eigenvalue weighted by atomic mass is 10.1. The second-order valence-electron chi connectivity index (χ2n) is 6.26. The van der Waals surface area contributed by atoms with Gasteiger partial charge in [0, 0.05) is 26.2 Å². The summed E-state index contributed by atoms with van der Waals surface area (Å²) in [6, 6.07) is 8.23. The lowest BCUT2D eigenvalue weighted by Gasteiger charge is -2.34. The summed E-state index contributed by atoms with van der Waals surface area (Å²) in [5.41, 5.74) is 0.682. The van der Waals surface area contributed by atoms with E-state index >= 15 is 0 Å². The Bertz CT molecular complexity index is 626. The number of rotatable bonds is 7. The van der Waals surface area contributed by atoms with Crippen molar-refractivity contribution in [3.05, 3.63) is 35.9 Å². The molecular formula is C17H27N3O3S. The maximum atomic E-state index is 12.9. The SMILES string of the molecule is CCCCS(=O)(=O)N[C@H](C(=O)N1CCN(C)CC1)c1ccccc1. The molecule has 0 aliphatic carbocycles. The van der Waals surface area contributed by atoms with Crippen molar-refractivity contribution in [1.29, 1.82) is 0 Å². The van der Waals surface area contributed by atoms with Crippen molar-refractivity contribution in [2.24, 2.45) is 0 Å². The molecule has 1 N–H and O–H groups in total. The van der Waals surface area contributed by atoms with Crippen LogP contribution in [0.3, 0.4) is 0 Å². The number of piperazine rings is 1. The number of carbonyl (C=O) groups is 1. The Morgan fingerprint density at radius 2 is 1.79 bits per heavy atom. The fourth-order valence-corrected chi connectivity index (χ4v) is 4.07. The van der Waals surface area contributed by atoms with Crippen LogP contribution in [0.4, 0.5) is 0 Å². The highest BCUT2D eigenvalue weighted by Gasteiger charge is 2.30. The molecule has 0 spiro atoms. The number of amides is 1. The Hall–Kier alpha value is -1.44. The third-order valence-electron chi connectivity index (χ3n) is 4.26.